The van der Waals surface area contributed by atoms with Gasteiger partial charge < -0.3 is 37.2 Å². The van der Waals surface area contributed by atoms with Crippen molar-refractivity contribution in [3.8, 4) is 68.7 Å². The molecule has 122 heavy (non-hydrogen) atoms. The normalized spacial score (nSPS) is 13.2. The van der Waals surface area contributed by atoms with Crippen LogP contribution in [0.2, 0.25) is 0 Å². The van der Waals surface area contributed by atoms with Crippen molar-refractivity contribution in [2.75, 3.05) is 0 Å². The SMILES string of the molecule is C=C/C=C\c1c(C)n(-c2c(-n3c4ccccc4c4ccccc43)c(-n3c4ccccc4c4ccccc43)c(-n3c4ccccc4c4ccccc43)c3sc4c(B5c6ccccc6Oc6ccccc65)c(B5c6ccccc6Oc6ccccc65)c(B5c6ccccc6Oc6ccccc65)c(B5c6ccccc6Oc6ccccc65)c4c23)c2ccccc12. The third-order valence-electron chi connectivity index (χ3n) is 26.5. The standard InChI is InChI=1S/C109H68B4N4O4S/c1-3-4-35-67-66(2)114(83-51-20-5-36-68(67)83)104-99-98-100(110-75-43-12-27-58-90(75)118-91-59-28-13-44-76(91)110)101(111-77-45-14-29-60-92(77)119-93-61-30-15-46-78(93)111)102(112-79-47-16-31-62-94(79)120-95-63-32-17-48-80(95)112)103(113-81-49-18-33-64-96(81)121-97-65-34-19-50-82(97)113)108(98)122-109(99)107(117-88-56-25-10-41-73(88)74-42-11-26-57-89(74)117)106(116-86-54-23-8-39-71(86)72-40-9-24-55-87(72)116)105(104)115-84-52-21-6-37-69(84)70-38-7-22-53-85(70)115/h3-65H,1H2,2H3/b35-4-. The van der Waals surface area contributed by atoms with Gasteiger partial charge in [0.05, 0.1) is 66.1 Å². The molecular weight excluding hydrogens is 1500 g/mol. The lowest BCUT2D eigenvalue weighted by Crippen LogP contribution is -2.78. The Morgan fingerprint density at radius 1 is 0.246 bits per heavy atom. The highest BCUT2D eigenvalue weighted by Gasteiger charge is 2.51. The van der Waals surface area contributed by atoms with Crippen LogP contribution in [0, 0.1) is 6.92 Å². The molecular formula is C109H68B4N4O4S. The highest BCUT2D eigenvalue weighted by Crippen LogP contribution is 2.54. The van der Waals surface area contributed by atoms with Crippen LogP contribution < -0.4 is 84.5 Å². The predicted molar refractivity (Wildman–Crippen MR) is 514 cm³/mol. The number of hydrogen-bond acceptors (Lipinski definition) is 5. The van der Waals surface area contributed by atoms with Crippen LogP contribution >= 0.6 is 11.3 Å². The van der Waals surface area contributed by atoms with Crippen molar-refractivity contribution in [3.63, 3.8) is 0 Å². The van der Waals surface area contributed by atoms with Gasteiger partial charge in [-0.2, -0.15) is 0 Å². The highest BCUT2D eigenvalue weighted by molar-refractivity contribution is 7.30. The Balaban J connectivity index is 1.05. The zero-order valence-electron chi connectivity index (χ0n) is 66.2. The maximum atomic E-state index is 7.49. The molecule has 13 heteroatoms. The summed E-state index contributed by atoms with van der Waals surface area (Å²) in [5.41, 5.74) is 26.6. The number of fused-ring (bicyclic) bond motifs is 21. The molecule has 0 amide bonds. The van der Waals surface area contributed by atoms with E-state index < -0.39 is 26.9 Å². The summed E-state index contributed by atoms with van der Waals surface area (Å²) >= 11 is 1.95. The largest absolute Gasteiger partial charge is 0.458 e. The first kappa shape index (κ1) is 68.9. The van der Waals surface area contributed by atoms with Crippen molar-refractivity contribution in [3.05, 3.63) is 394 Å². The van der Waals surface area contributed by atoms with Gasteiger partial charge >= 0.3 is 0 Å². The fourth-order valence-electron chi connectivity index (χ4n) is 21.8. The molecule has 9 heterocycles. The van der Waals surface area contributed by atoms with Crippen LogP contribution in [0.25, 0.3) is 125 Å². The summed E-state index contributed by atoms with van der Waals surface area (Å²) in [6, 6.07) is 135. The van der Waals surface area contributed by atoms with E-state index >= 15 is 0 Å². The Morgan fingerprint density at radius 3 is 0.811 bits per heavy atom. The van der Waals surface area contributed by atoms with Gasteiger partial charge in [-0.25, -0.2) is 0 Å². The number of allylic oxidation sites excluding steroid dienone is 2. The van der Waals surface area contributed by atoms with E-state index in [1.165, 1.54) is 5.46 Å². The second kappa shape index (κ2) is 26.7. The maximum Gasteiger partial charge on any atom is 0.252 e. The molecule has 566 valence electrons. The summed E-state index contributed by atoms with van der Waals surface area (Å²) in [4.78, 5) is 0. The first-order chi connectivity index (χ1) is 60.5. The molecule has 0 atom stereocenters. The van der Waals surface area contributed by atoms with Gasteiger partial charge in [0.15, 0.2) is 0 Å². The molecule has 0 unspecified atom stereocenters. The monoisotopic (exact) mass is 1570 g/mol. The molecule has 8 nitrogen and oxygen atoms in total. The van der Waals surface area contributed by atoms with Crippen LogP contribution in [0.4, 0.5) is 0 Å². The van der Waals surface area contributed by atoms with Crippen molar-refractivity contribution in [2.45, 2.75) is 6.92 Å². The van der Waals surface area contributed by atoms with Gasteiger partial charge in [0.25, 0.3) is 13.4 Å². The van der Waals surface area contributed by atoms with Gasteiger partial charge in [0.1, 0.15) is 46.0 Å². The van der Waals surface area contributed by atoms with E-state index in [2.05, 4.69) is 408 Å². The molecule has 0 radical (unpaired) electrons. The lowest BCUT2D eigenvalue weighted by atomic mass is 9.20. The number of aromatic nitrogens is 4. The average Bonchev–Trinajstić information content (AvgIpc) is 1.43. The minimum atomic E-state index is -0.548. The molecule has 0 spiro atoms. The Labute approximate surface area is 708 Å². The van der Waals surface area contributed by atoms with Gasteiger partial charge in [-0.05, 0) is 147 Å². The fraction of sp³-hybridized carbons (Fsp3) is 0.00917. The molecule has 0 aliphatic carbocycles. The van der Waals surface area contributed by atoms with Gasteiger partial charge in [-0.15, -0.1) is 11.3 Å². The maximum absolute atomic E-state index is 7.49. The van der Waals surface area contributed by atoms with E-state index in [0.717, 1.165) is 237 Å². The zero-order valence-corrected chi connectivity index (χ0v) is 67.0. The Kier molecular flexibility index (Phi) is 15.1. The minimum absolute atomic E-state index is 0.503. The predicted octanol–water partition coefficient (Wildman–Crippen LogP) is 19.3. The number of thiophene rings is 1. The topological polar surface area (TPSA) is 56.6 Å². The molecule has 4 aliphatic heterocycles. The molecule has 0 N–H and O–H groups in total. The van der Waals surface area contributed by atoms with Crippen LogP contribution in [0.3, 0.4) is 0 Å². The number of rotatable bonds is 10. The smallest absolute Gasteiger partial charge is 0.252 e. The van der Waals surface area contributed by atoms with Crippen LogP contribution in [-0.4, -0.2) is 45.1 Å². The number of para-hydroxylation sites is 15. The van der Waals surface area contributed by atoms with E-state index in [1.54, 1.807) is 0 Å². The number of hydrogen-bond donors (Lipinski definition) is 0. The molecule has 0 saturated heterocycles. The van der Waals surface area contributed by atoms with E-state index in [-0.39, 0.29) is 0 Å². The Hall–Kier alpha value is -15.2. The molecule has 0 saturated carbocycles. The summed E-state index contributed by atoms with van der Waals surface area (Å²) in [7, 11) is 0. The number of nitrogens with zero attached hydrogens (tertiary/aromatic N) is 4. The van der Waals surface area contributed by atoms with Crippen molar-refractivity contribution < 1.29 is 18.9 Å². The van der Waals surface area contributed by atoms with Crippen molar-refractivity contribution in [1.29, 1.82) is 0 Å². The summed E-state index contributed by atoms with van der Waals surface area (Å²) < 4.78 is 42.7. The molecule has 22 aromatic rings. The third kappa shape index (κ3) is 9.67. The average molecular weight is 1570 g/mol. The lowest BCUT2D eigenvalue weighted by molar-refractivity contribution is 0.487. The second-order valence-electron chi connectivity index (χ2n) is 32.6. The molecule has 4 aliphatic rings. The fourth-order valence-corrected chi connectivity index (χ4v) is 23.2. The van der Waals surface area contributed by atoms with Crippen molar-refractivity contribution >= 4 is 206 Å². The summed E-state index contributed by atoms with van der Waals surface area (Å²) in [6.45, 7) is 4.62. The van der Waals surface area contributed by atoms with Crippen LogP contribution in [0.1, 0.15) is 11.3 Å². The third-order valence-corrected chi connectivity index (χ3v) is 27.7. The second-order valence-corrected chi connectivity index (χ2v) is 33.6. The van der Waals surface area contributed by atoms with Gasteiger partial charge in [-0.3, -0.25) is 0 Å². The van der Waals surface area contributed by atoms with E-state index in [1.807, 2.05) is 17.4 Å². The quantitative estimate of drug-likeness (QED) is 0.101. The van der Waals surface area contributed by atoms with Crippen molar-refractivity contribution in [2.24, 2.45) is 0 Å². The first-order valence-corrected chi connectivity index (χ1v) is 42.8. The number of ether oxygens (including phenoxy) is 4. The van der Waals surface area contributed by atoms with E-state index in [0.29, 0.717) is 0 Å². The highest BCUT2D eigenvalue weighted by atomic mass is 32.1. The Morgan fingerprint density at radius 2 is 0.492 bits per heavy atom. The molecule has 17 aromatic carbocycles. The molecule has 26 rings (SSSR count). The van der Waals surface area contributed by atoms with Crippen LogP contribution in [0.5, 0.6) is 46.0 Å². The summed E-state index contributed by atoms with van der Waals surface area (Å²) in [6.07, 6.45) is 6.29. The van der Waals surface area contributed by atoms with E-state index in [9.17, 15) is 0 Å². The zero-order chi connectivity index (χ0) is 80.1. The van der Waals surface area contributed by atoms with Crippen molar-refractivity contribution in [1.82, 2.24) is 18.3 Å². The van der Waals surface area contributed by atoms with E-state index in [4.69, 9.17) is 18.9 Å². The molecule has 5 aromatic heterocycles. The Bertz CT molecular complexity index is 8010. The first-order valence-electron chi connectivity index (χ1n) is 42.0. The number of benzene rings is 17. The van der Waals surface area contributed by atoms with Gasteiger partial charge in [0.2, 0.25) is 13.4 Å². The lowest BCUT2D eigenvalue weighted by Gasteiger charge is -2.39. The molecule has 0 fully saturated rings. The van der Waals surface area contributed by atoms with Gasteiger partial charge in [-0.1, -0.05) is 320 Å². The van der Waals surface area contributed by atoms with Gasteiger partial charge in [0, 0.05) is 59.0 Å². The van der Waals surface area contributed by atoms with Crippen LogP contribution in [-0.2, 0) is 0 Å². The summed E-state index contributed by atoms with van der Waals surface area (Å²) in [5.74, 6) is 6.36. The summed E-state index contributed by atoms with van der Waals surface area (Å²) in [5, 5.41) is 10.1. The molecule has 0 bridgehead atoms. The minimum Gasteiger partial charge on any atom is -0.458 e. The van der Waals surface area contributed by atoms with Crippen LogP contribution in [0.15, 0.2) is 383 Å².